The number of carbonyl (C=O) groups excluding carboxylic acids is 2. The molecule has 0 aromatic heterocycles. The van der Waals surface area contributed by atoms with Crippen LogP contribution in [0.15, 0.2) is 48.5 Å². The van der Waals surface area contributed by atoms with Crippen molar-refractivity contribution in [1.82, 2.24) is 0 Å². The fourth-order valence-corrected chi connectivity index (χ4v) is 2.84. The SMILES string of the molecule is CN1C(=O)C(C)(C)c2cc(C(=O)Nc3ccccc3)ccc21. The molecule has 2 aromatic rings. The lowest BCUT2D eigenvalue weighted by Gasteiger charge is -2.16. The van der Waals surface area contributed by atoms with E-state index in [1.807, 2.05) is 56.3 Å². The van der Waals surface area contributed by atoms with Gasteiger partial charge in [-0.2, -0.15) is 0 Å². The van der Waals surface area contributed by atoms with Crippen molar-refractivity contribution in [3.8, 4) is 0 Å². The molecule has 22 heavy (non-hydrogen) atoms. The molecule has 0 unspecified atom stereocenters. The van der Waals surface area contributed by atoms with E-state index in [-0.39, 0.29) is 11.8 Å². The van der Waals surface area contributed by atoms with Gasteiger partial charge in [-0.1, -0.05) is 18.2 Å². The van der Waals surface area contributed by atoms with E-state index in [0.717, 1.165) is 16.9 Å². The first-order valence-corrected chi connectivity index (χ1v) is 7.20. The normalized spacial score (nSPS) is 15.6. The number of benzene rings is 2. The van der Waals surface area contributed by atoms with E-state index in [0.29, 0.717) is 5.56 Å². The van der Waals surface area contributed by atoms with Gasteiger partial charge in [0.15, 0.2) is 0 Å². The lowest BCUT2D eigenvalue weighted by atomic mass is 9.85. The smallest absolute Gasteiger partial charge is 0.255 e. The van der Waals surface area contributed by atoms with Crippen molar-refractivity contribution in [3.63, 3.8) is 0 Å². The first kappa shape index (κ1) is 14.3. The van der Waals surface area contributed by atoms with Gasteiger partial charge in [0, 0.05) is 24.0 Å². The summed E-state index contributed by atoms with van der Waals surface area (Å²) in [4.78, 5) is 26.3. The summed E-state index contributed by atoms with van der Waals surface area (Å²) in [7, 11) is 1.76. The predicted molar refractivity (Wildman–Crippen MR) is 87.3 cm³/mol. The van der Waals surface area contributed by atoms with E-state index in [2.05, 4.69) is 5.32 Å². The average Bonchev–Trinajstić information content (AvgIpc) is 2.69. The van der Waals surface area contributed by atoms with Crippen molar-refractivity contribution >= 4 is 23.2 Å². The number of nitrogens with one attached hydrogen (secondary N) is 1. The number of hydrogen-bond acceptors (Lipinski definition) is 2. The zero-order valence-corrected chi connectivity index (χ0v) is 12.9. The number of fused-ring (bicyclic) bond motifs is 1. The molecule has 0 spiro atoms. The molecule has 4 nitrogen and oxygen atoms in total. The molecule has 0 atom stereocenters. The van der Waals surface area contributed by atoms with Gasteiger partial charge in [-0.15, -0.1) is 0 Å². The minimum Gasteiger partial charge on any atom is -0.322 e. The summed E-state index contributed by atoms with van der Waals surface area (Å²) in [6.45, 7) is 3.77. The summed E-state index contributed by atoms with van der Waals surface area (Å²) in [6.07, 6.45) is 0. The first-order valence-electron chi connectivity index (χ1n) is 7.20. The Morgan fingerprint density at radius 2 is 1.77 bits per heavy atom. The van der Waals surface area contributed by atoms with Crippen LogP contribution >= 0.6 is 0 Å². The molecule has 1 aliphatic heterocycles. The second-order valence-corrected chi connectivity index (χ2v) is 6.04. The van der Waals surface area contributed by atoms with E-state index in [4.69, 9.17) is 0 Å². The lowest BCUT2D eigenvalue weighted by molar-refractivity contribution is -0.121. The van der Waals surface area contributed by atoms with Gasteiger partial charge >= 0.3 is 0 Å². The Morgan fingerprint density at radius 3 is 2.45 bits per heavy atom. The molecule has 0 aliphatic carbocycles. The summed E-state index contributed by atoms with van der Waals surface area (Å²) >= 11 is 0. The van der Waals surface area contributed by atoms with Crippen LogP contribution in [0.1, 0.15) is 29.8 Å². The Labute approximate surface area is 129 Å². The highest BCUT2D eigenvalue weighted by Gasteiger charge is 2.42. The largest absolute Gasteiger partial charge is 0.322 e. The third-order valence-corrected chi connectivity index (χ3v) is 4.16. The molecule has 2 amide bonds. The molecule has 2 aromatic carbocycles. The fourth-order valence-electron chi connectivity index (χ4n) is 2.84. The first-order chi connectivity index (χ1) is 10.4. The van der Waals surface area contributed by atoms with Gasteiger partial charge in [-0.3, -0.25) is 9.59 Å². The highest BCUT2D eigenvalue weighted by molar-refractivity contribution is 6.09. The average molecular weight is 294 g/mol. The molecular weight excluding hydrogens is 276 g/mol. The summed E-state index contributed by atoms with van der Waals surface area (Å²) in [5, 5.41) is 2.86. The van der Waals surface area contributed by atoms with Gasteiger partial charge in [-0.05, 0) is 49.7 Å². The van der Waals surface area contributed by atoms with Crippen LogP contribution < -0.4 is 10.2 Å². The molecule has 1 heterocycles. The lowest BCUT2D eigenvalue weighted by Crippen LogP contribution is -2.33. The summed E-state index contributed by atoms with van der Waals surface area (Å²) in [5.41, 5.74) is 2.46. The van der Waals surface area contributed by atoms with Gasteiger partial charge in [0.05, 0.1) is 5.41 Å². The molecule has 112 valence electrons. The van der Waals surface area contributed by atoms with Crippen LogP contribution in [-0.2, 0) is 10.2 Å². The molecule has 3 rings (SSSR count). The van der Waals surface area contributed by atoms with E-state index < -0.39 is 5.41 Å². The van der Waals surface area contributed by atoms with Crippen molar-refractivity contribution in [3.05, 3.63) is 59.7 Å². The van der Waals surface area contributed by atoms with E-state index in [1.54, 1.807) is 18.0 Å². The van der Waals surface area contributed by atoms with Gasteiger partial charge in [-0.25, -0.2) is 0 Å². The molecule has 0 radical (unpaired) electrons. The van der Waals surface area contributed by atoms with Gasteiger partial charge in [0.2, 0.25) is 5.91 Å². The fraction of sp³-hybridized carbons (Fsp3) is 0.222. The van der Waals surface area contributed by atoms with Crippen LogP contribution in [0.25, 0.3) is 0 Å². The zero-order valence-electron chi connectivity index (χ0n) is 12.9. The van der Waals surface area contributed by atoms with E-state index >= 15 is 0 Å². The highest BCUT2D eigenvalue weighted by atomic mass is 16.2. The zero-order chi connectivity index (χ0) is 15.9. The number of carbonyl (C=O) groups is 2. The van der Waals surface area contributed by atoms with Crippen molar-refractivity contribution < 1.29 is 9.59 Å². The van der Waals surface area contributed by atoms with Gasteiger partial charge < -0.3 is 10.2 Å². The minimum atomic E-state index is -0.604. The maximum Gasteiger partial charge on any atom is 0.255 e. The van der Waals surface area contributed by atoms with Crippen molar-refractivity contribution in [2.45, 2.75) is 19.3 Å². The number of anilines is 2. The standard InChI is InChI=1S/C18H18N2O2/c1-18(2)14-11-12(9-10-15(14)20(3)17(18)22)16(21)19-13-7-5-4-6-8-13/h4-11H,1-3H3,(H,19,21). The third-order valence-electron chi connectivity index (χ3n) is 4.16. The number of para-hydroxylation sites is 1. The molecule has 0 fully saturated rings. The molecule has 1 aliphatic rings. The second-order valence-electron chi connectivity index (χ2n) is 6.04. The monoisotopic (exact) mass is 294 g/mol. The number of likely N-dealkylation sites (N-methyl/N-ethyl adjacent to an activating group) is 1. The van der Waals surface area contributed by atoms with Crippen LogP contribution in [0.2, 0.25) is 0 Å². The second kappa shape index (κ2) is 4.98. The number of nitrogens with zero attached hydrogens (tertiary/aromatic N) is 1. The maximum atomic E-state index is 12.4. The quantitative estimate of drug-likeness (QED) is 0.924. The summed E-state index contributed by atoms with van der Waals surface area (Å²) in [6, 6.07) is 14.7. The summed E-state index contributed by atoms with van der Waals surface area (Å²) in [5.74, 6) is -0.130. The molecule has 0 bridgehead atoms. The Hall–Kier alpha value is -2.62. The Bertz CT molecular complexity index is 751. The molecule has 1 N–H and O–H groups in total. The molecule has 0 saturated carbocycles. The van der Waals surface area contributed by atoms with E-state index in [1.165, 1.54) is 0 Å². The predicted octanol–water partition coefficient (Wildman–Crippen LogP) is 3.19. The maximum absolute atomic E-state index is 12.4. The van der Waals surface area contributed by atoms with Crippen molar-refractivity contribution in [2.24, 2.45) is 0 Å². The number of hydrogen-bond donors (Lipinski definition) is 1. The Balaban J connectivity index is 1.93. The Morgan fingerprint density at radius 1 is 1.09 bits per heavy atom. The van der Waals surface area contributed by atoms with Gasteiger partial charge in [0.25, 0.3) is 5.91 Å². The van der Waals surface area contributed by atoms with Crippen LogP contribution in [0, 0.1) is 0 Å². The van der Waals surface area contributed by atoms with Crippen molar-refractivity contribution in [2.75, 3.05) is 17.3 Å². The molecular formula is C18H18N2O2. The van der Waals surface area contributed by atoms with Gasteiger partial charge in [0.1, 0.15) is 0 Å². The van der Waals surface area contributed by atoms with Crippen LogP contribution in [-0.4, -0.2) is 18.9 Å². The topological polar surface area (TPSA) is 49.4 Å². The van der Waals surface area contributed by atoms with Crippen LogP contribution in [0.4, 0.5) is 11.4 Å². The number of amides is 2. The summed E-state index contributed by atoms with van der Waals surface area (Å²) < 4.78 is 0. The Kier molecular flexibility index (Phi) is 3.24. The molecule has 0 saturated heterocycles. The number of rotatable bonds is 2. The molecule has 4 heteroatoms. The van der Waals surface area contributed by atoms with Crippen LogP contribution in [0.3, 0.4) is 0 Å². The van der Waals surface area contributed by atoms with E-state index in [9.17, 15) is 9.59 Å². The minimum absolute atomic E-state index is 0.0446. The third kappa shape index (κ3) is 2.17. The van der Waals surface area contributed by atoms with Crippen LogP contribution in [0.5, 0.6) is 0 Å². The van der Waals surface area contributed by atoms with Crippen molar-refractivity contribution in [1.29, 1.82) is 0 Å². The highest BCUT2D eigenvalue weighted by Crippen LogP contribution is 2.41.